The van der Waals surface area contributed by atoms with Crippen molar-refractivity contribution in [2.24, 2.45) is 17.8 Å². The first-order valence-corrected chi connectivity index (χ1v) is 8.24. The molecule has 5 heteroatoms. The Morgan fingerprint density at radius 2 is 1.74 bits per heavy atom. The van der Waals surface area contributed by atoms with Gasteiger partial charge in [0.1, 0.15) is 12.6 Å². The maximum atomic E-state index is 12.1. The van der Waals surface area contributed by atoms with E-state index >= 15 is 0 Å². The lowest BCUT2D eigenvalue weighted by Gasteiger charge is -2.25. The second-order valence-corrected chi connectivity index (χ2v) is 6.46. The van der Waals surface area contributed by atoms with Crippen LogP contribution >= 0.6 is 0 Å². The number of ether oxygens (including phenoxy) is 2. The van der Waals surface area contributed by atoms with Crippen molar-refractivity contribution in [1.82, 2.24) is 5.32 Å². The van der Waals surface area contributed by atoms with Crippen molar-refractivity contribution in [2.45, 2.75) is 38.3 Å². The number of carbonyl (C=O) groups excluding carboxylic acids is 2. The molecule has 1 N–H and O–H groups in total. The highest BCUT2D eigenvalue weighted by molar-refractivity contribution is 5.81. The molecule has 2 saturated carbocycles. The van der Waals surface area contributed by atoms with E-state index in [4.69, 9.17) is 9.47 Å². The van der Waals surface area contributed by atoms with E-state index in [1.165, 1.54) is 7.11 Å². The van der Waals surface area contributed by atoms with Crippen LogP contribution < -0.4 is 5.32 Å². The number of alkyl carbamates (subject to hydrolysis) is 1. The lowest BCUT2D eigenvalue weighted by molar-refractivity contribution is -0.145. The van der Waals surface area contributed by atoms with Gasteiger partial charge in [0.15, 0.2) is 0 Å². The summed E-state index contributed by atoms with van der Waals surface area (Å²) < 4.78 is 10.1. The second-order valence-electron chi connectivity index (χ2n) is 6.46. The van der Waals surface area contributed by atoms with Gasteiger partial charge in [-0.2, -0.15) is 0 Å². The van der Waals surface area contributed by atoms with Crippen molar-refractivity contribution in [3.63, 3.8) is 0 Å². The molecule has 1 aromatic carbocycles. The van der Waals surface area contributed by atoms with Crippen LogP contribution in [-0.4, -0.2) is 25.2 Å². The molecule has 1 aromatic rings. The maximum absolute atomic E-state index is 12.1. The van der Waals surface area contributed by atoms with Gasteiger partial charge in [-0.3, -0.25) is 0 Å². The fourth-order valence-electron chi connectivity index (χ4n) is 3.22. The fourth-order valence-corrected chi connectivity index (χ4v) is 3.22. The standard InChI is InChI=1S/C18H23NO4/c1-22-17(20)16(15(13-7-8-13)14-9-10-14)19-18(21)23-11-12-5-3-2-4-6-12/h2-6,13-16H,7-11H2,1H3,(H,19,21)/t16-/m1/s1. The Bertz CT molecular complexity index is 539. The average molecular weight is 317 g/mol. The molecular weight excluding hydrogens is 294 g/mol. The molecule has 0 unspecified atom stereocenters. The normalized spacial score (nSPS) is 18.3. The smallest absolute Gasteiger partial charge is 0.408 e. The number of nitrogens with one attached hydrogen (secondary N) is 1. The molecule has 2 fully saturated rings. The summed E-state index contributed by atoms with van der Waals surface area (Å²) in [6.07, 6.45) is 3.98. The number of hydrogen-bond donors (Lipinski definition) is 1. The van der Waals surface area contributed by atoms with Crippen LogP contribution in [0.3, 0.4) is 0 Å². The molecule has 3 rings (SSSR count). The summed E-state index contributed by atoms with van der Waals surface area (Å²) in [7, 11) is 1.36. The summed E-state index contributed by atoms with van der Waals surface area (Å²) in [5.41, 5.74) is 0.915. The van der Waals surface area contributed by atoms with Crippen molar-refractivity contribution in [3.05, 3.63) is 35.9 Å². The Kier molecular flexibility index (Phi) is 4.84. The number of hydrogen-bond acceptors (Lipinski definition) is 4. The predicted molar refractivity (Wildman–Crippen MR) is 84.5 cm³/mol. The zero-order valence-electron chi connectivity index (χ0n) is 13.4. The van der Waals surface area contributed by atoms with Gasteiger partial charge in [-0.25, -0.2) is 9.59 Å². The number of rotatable bonds is 7. The van der Waals surface area contributed by atoms with Gasteiger partial charge in [0.05, 0.1) is 7.11 Å². The zero-order valence-corrected chi connectivity index (χ0v) is 13.4. The van der Waals surface area contributed by atoms with E-state index in [9.17, 15) is 9.59 Å². The summed E-state index contributed by atoms with van der Waals surface area (Å²) >= 11 is 0. The monoisotopic (exact) mass is 317 g/mol. The molecule has 23 heavy (non-hydrogen) atoms. The Hall–Kier alpha value is -2.04. The first-order chi connectivity index (χ1) is 11.2. The third kappa shape index (κ3) is 4.24. The highest BCUT2D eigenvalue weighted by Crippen LogP contribution is 2.50. The first kappa shape index (κ1) is 15.8. The molecule has 1 amide bonds. The van der Waals surface area contributed by atoms with Gasteiger partial charge >= 0.3 is 12.1 Å². The molecule has 124 valence electrons. The van der Waals surface area contributed by atoms with Gasteiger partial charge in [-0.15, -0.1) is 0 Å². The Morgan fingerprint density at radius 3 is 2.26 bits per heavy atom. The highest BCUT2D eigenvalue weighted by Gasteiger charge is 2.48. The van der Waals surface area contributed by atoms with Crippen molar-refractivity contribution in [1.29, 1.82) is 0 Å². The third-order valence-corrected chi connectivity index (χ3v) is 4.66. The van der Waals surface area contributed by atoms with E-state index in [0.29, 0.717) is 11.8 Å². The van der Waals surface area contributed by atoms with Crippen LogP contribution in [0.4, 0.5) is 4.79 Å². The third-order valence-electron chi connectivity index (χ3n) is 4.66. The van der Waals surface area contributed by atoms with Gasteiger partial charge < -0.3 is 14.8 Å². The van der Waals surface area contributed by atoms with Crippen LogP contribution in [-0.2, 0) is 20.9 Å². The zero-order chi connectivity index (χ0) is 16.2. The van der Waals surface area contributed by atoms with E-state index in [2.05, 4.69) is 5.32 Å². The summed E-state index contributed by atoms with van der Waals surface area (Å²) in [6.45, 7) is 0.193. The van der Waals surface area contributed by atoms with Crippen LogP contribution in [0.25, 0.3) is 0 Å². The maximum Gasteiger partial charge on any atom is 0.408 e. The number of benzene rings is 1. The van der Waals surface area contributed by atoms with Crippen molar-refractivity contribution in [3.8, 4) is 0 Å². The van der Waals surface area contributed by atoms with Gasteiger partial charge in [-0.1, -0.05) is 30.3 Å². The molecular formula is C18H23NO4. The minimum atomic E-state index is -0.594. The predicted octanol–water partition coefficient (Wildman–Crippen LogP) is 2.89. The van der Waals surface area contributed by atoms with Crippen LogP contribution in [0.15, 0.2) is 30.3 Å². The molecule has 1 atom stereocenters. The molecule has 0 radical (unpaired) electrons. The van der Waals surface area contributed by atoms with E-state index in [0.717, 1.165) is 31.2 Å². The van der Waals surface area contributed by atoms with Gasteiger partial charge in [0.25, 0.3) is 0 Å². The number of amides is 1. The van der Waals surface area contributed by atoms with Crippen LogP contribution in [0.5, 0.6) is 0 Å². The molecule has 0 heterocycles. The minimum Gasteiger partial charge on any atom is -0.467 e. The van der Waals surface area contributed by atoms with Gasteiger partial charge in [-0.05, 0) is 49.0 Å². The SMILES string of the molecule is COC(=O)[C@H](NC(=O)OCc1ccccc1)C(C1CC1)C1CC1. The lowest BCUT2D eigenvalue weighted by Crippen LogP contribution is -2.48. The summed E-state index contributed by atoms with van der Waals surface area (Å²) in [4.78, 5) is 24.2. The van der Waals surface area contributed by atoms with Gasteiger partial charge in [0, 0.05) is 0 Å². The molecule has 2 aliphatic rings. The highest BCUT2D eigenvalue weighted by atomic mass is 16.6. The molecule has 0 aromatic heterocycles. The largest absolute Gasteiger partial charge is 0.467 e. The average Bonchev–Trinajstić information content (AvgIpc) is 3.46. The Morgan fingerprint density at radius 1 is 1.13 bits per heavy atom. The van der Waals surface area contributed by atoms with E-state index < -0.39 is 12.1 Å². The summed E-state index contributed by atoms with van der Waals surface area (Å²) in [6, 6.07) is 8.88. The topological polar surface area (TPSA) is 64.6 Å². The van der Waals surface area contributed by atoms with Crippen molar-refractivity contribution >= 4 is 12.1 Å². The number of esters is 1. The molecule has 5 nitrogen and oxygen atoms in total. The fraction of sp³-hybridized carbons (Fsp3) is 0.556. The molecule has 0 spiro atoms. The van der Waals surface area contributed by atoms with E-state index in [1.807, 2.05) is 30.3 Å². The Balaban J connectivity index is 1.59. The second kappa shape index (κ2) is 7.02. The Labute approximate surface area is 136 Å². The molecule has 0 saturated heterocycles. The van der Waals surface area contributed by atoms with Gasteiger partial charge in [0.2, 0.25) is 0 Å². The van der Waals surface area contributed by atoms with Crippen molar-refractivity contribution < 1.29 is 19.1 Å². The first-order valence-electron chi connectivity index (χ1n) is 8.24. The number of methoxy groups -OCH3 is 1. The summed E-state index contributed by atoms with van der Waals surface area (Å²) in [5, 5.41) is 2.75. The quantitative estimate of drug-likeness (QED) is 0.785. The summed E-state index contributed by atoms with van der Waals surface area (Å²) in [5.74, 6) is 0.874. The van der Waals surface area contributed by atoms with E-state index in [1.54, 1.807) is 0 Å². The van der Waals surface area contributed by atoms with Crippen LogP contribution in [0.1, 0.15) is 31.2 Å². The van der Waals surface area contributed by atoms with E-state index in [-0.39, 0.29) is 18.5 Å². The van der Waals surface area contributed by atoms with Crippen LogP contribution in [0.2, 0.25) is 0 Å². The molecule has 2 aliphatic carbocycles. The lowest BCUT2D eigenvalue weighted by atomic mass is 9.89. The minimum absolute atomic E-state index is 0.187. The van der Waals surface area contributed by atoms with Crippen LogP contribution in [0, 0.1) is 17.8 Å². The molecule has 0 bridgehead atoms. The number of carbonyl (C=O) groups is 2. The van der Waals surface area contributed by atoms with Crippen molar-refractivity contribution in [2.75, 3.05) is 7.11 Å². The molecule has 0 aliphatic heterocycles.